The molecule has 3 rings (SSSR count). The number of amides is 2. The second-order valence-corrected chi connectivity index (χ2v) is 6.54. The maximum absolute atomic E-state index is 12.8. The van der Waals surface area contributed by atoms with Crippen LogP contribution >= 0.6 is 0 Å². The molecular formula is C21H25N3O3. The van der Waals surface area contributed by atoms with E-state index in [0.29, 0.717) is 50.6 Å². The number of likely N-dealkylation sites (N-methyl/N-ethyl adjacent to an activating group) is 1. The van der Waals surface area contributed by atoms with Crippen LogP contribution in [0.15, 0.2) is 54.6 Å². The number of carbonyl (C=O) groups excluding carboxylic acids is 2. The van der Waals surface area contributed by atoms with Crippen LogP contribution in [0.4, 0.5) is 0 Å². The lowest BCUT2D eigenvalue weighted by Gasteiger charge is -2.34. The lowest BCUT2D eigenvalue weighted by molar-refractivity contribution is -0.122. The number of nitrogens with one attached hydrogen (secondary N) is 1. The van der Waals surface area contributed by atoms with Crippen LogP contribution in [0.2, 0.25) is 0 Å². The van der Waals surface area contributed by atoms with Crippen LogP contribution in [-0.4, -0.2) is 61.4 Å². The van der Waals surface area contributed by atoms with Crippen molar-refractivity contribution in [2.45, 2.75) is 6.61 Å². The van der Waals surface area contributed by atoms with Crippen molar-refractivity contribution < 1.29 is 14.3 Å². The molecule has 2 amide bonds. The topological polar surface area (TPSA) is 61.9 Å². The molecule has 0 aliphatic carbocycles. The lowest BCUT2D eigenvalue weighted by atomic mass is 10.1. The van der Waals surface area contributed by atoms with Crippen LogP contribution in [0.5, 0.6) is 5.75 Å². The Balaban J connectivity index is 1.55. The number of benzene rings is 2. The van der Waals surface area contributed by atoms with Gasteiger partial charge < -0.3 is 15.0 Å². The van der Waals surface area contributed by atoms with Crippen LogP contribution in [0.1, 0.15) is 15.9 Å². The van der Waals surface area contributed by atoms with Gasteiger partial charge in [0.15, 0.2) is 0 Å². The SMILES string of the molecule is CNC(=O)CN1CCN(C(=O)c2cccc(OCc3ccccc3)c2)CC1. The minimum atomic E-state index is -0.00181. The van der Waals surface area contributed by atoms with E-state index >= 15 is 0 Å². The van der Waals surface area contributed by atoms with E-state index in [1.807, 2.05) is 53.4 Å². The molecule has 6 heteroatoms. The first-order valence-corrected chi connectivity index (χ1v) is 9.14. The van der Waals surface area contributed by atoms with Crippen molar-refractivity contribution in [2.24, 2.45) is 0 Å². The van der Waals surface area contributed by atoms with Gasteiger partial charge in [-0.05, 0) is 23.8 Å². The maximum atomic E-state index is 12.8. The van der Waals surface area contributed by atoms with E-state index in [1.54, 1.807) is 13.1 Å². The van der Waals surface area contributed by atoms with Gasteiger partial charge in [-0.1, -0.05) is 36.4 Å². The molecular weight excluding hydrogens is 342 g/mol. The fourth-order valence-electron chi connectivity index (χ4n) is 3.03. The molecule has 0 aromatic heterocycles. The molecule has 1 fully saturated rings. The number of hydrogen-bond acceptors (Lipinski definition) is 4. The van der Waals surface area contributed by atoms with E-state index in [2.05, 4.69) is 10.2 Å². The third-order valence-electron chi connectivity index (χ3n) is 4.63. The first-order valence-electron chi connectivity index (χ1n) is 9.14. The van der Waals surface area contributed by atoms with Crippen molar-refractivity contribution >= 4 is 11.8 Å². The van der Waals surface area contributed by atoms with Gasteiger partial charge in [-0.25, -0.2) is 0 Å². The van der Waals surface area contributed by atoms with E-state index in [-0.39, 0.29) is 11.8 Å². The first kappa shape index (κ1) is 18.9. The highest BCUT2D eigenvalue weighted by molar-refractivity contribution is 5.94. The average molecular weight is 367 g/mol. The summed E-state index contributed by atoms with van der Waals surface area (Å²) in [5.74, 6) is 0.681. The van der Waals surface area contributed by atoms with Crippen molar-refractivity contribution in [1.82, 2.24) is 15.1 Å². The highest BCUT2D eigenvalue weighted by Crippen LogP contribution is 2.17. The van der Waals surface area contributed by atoms with Crippen LogP contribution in [-0.2, 0) is 11.4 Å². The molecule has 27 heavy (non-hydrogen) atoms. The van der Waals surface area contributed by atoms with Gasteiger partial charge in [0.2, 0.25) is 5.91 Å². The van der Waals surface area contributed by atoms with Crippen molar-refractivity contribution in [3.05, 3.63) is 65.7 Å². The minimum absolute atomic E-state index is 0.000228. The van der Waals surface area contributed by atoms with E-state index in [4.69, 9.17) is 4.74 Å². The zero-order valence-electron chi connectivity index (χ0n) is 15.6. The standard InChI is InChI=1S/C21H25N3O3/c1-22-20(25)15-23-10-12-24(13-11-23)21(26)18-8-5-9-19(14-18)27-16-17-6-3-2-4-7-17/h2-9,14H,10-13,15-16H2,1H3,(H,22,25). The summed E-state index contributed by atoms with van der Waals surface area (Å²) >= 11 is 0. The summed E-state index contributed by atoms with van der Waals surface area (Å²) in [7, 11) is 1.63. The van der Waals surface area contributed by atoms with Crippen LogP contribution in [0.3, 0.4) is 0 Å². The monoisotopic (exact) mass is 367 g/mol. The van der Waals surface area contributed by atoms with Crippen LogP contribution in [0, 0.1) is 0 Å². The molecule has 1 heterocycles. The Kier molecular flexibility index (Phi) is 6.44. The Morgan fingerprint density at radius 1 is 1.00 bits per heavy atom. The molecule has 1 aliphatic rings. The number of ether oxygens (including phenoxy) is 1. The van der Waals surface area contributed by atoms with Gasteiger partial charge in [0.1, 0.15) is 12.4 Å². The maximum Gasteiger partial charge on any atom is 0.254 e. The van der Waals surface area contributed by atoms with Gasteiger partial charge in [-0.2, -0.15) is 0 Å². The predicted molar refractivity (Wildman–Crippen MR) is 104 cm³/mol. The molecule has 1 saturated heterocycles. The quantitative estimate of drug-likeness (QED) is 0.845. The summed E-state index contributed by atoms with van der Waals surface area (Å²) < 4.78 is 5.82. The van der Waals surface area contributed by atoms with Gasteiger partial charge in [-0.3, -0.25) is 14.5 Å². The van der Waals surface area contributed by atoms with E-state index in [0.717, 1.165) is 5.56 Å². The number of piperazine rings is 1. The minimum Gasteiger partial charge on any atom is -0.489 e. The molecule has 2 aromatic rings. The third-order valence-corrected chi connectivity index (χ3v) is 4.63. The fraction of sp³-hybridized carbons (Fsp3) is 0.333. The van der Waals surface area contributed by atoms with E-state index < -0.39 is 0 Å². The highest BCUT2D eigenvalue weighted by atomic mass is 16.5. The molecule has 6 nitrogen and oxygen atoms in total. The molecule has 1 aliphatic heterocycles. The van der Waals surface area contributed by atoms with E-state index in [9.17, 15) is 9.59 Å². The van der Waals surface area contributed by atoms with Crippen molar-refractivity contribution in [2.75, 3.05) is 39.8 Å². The Morgan fingerprint density at radius 2 is 1.74 bits per heavy atom. The molecule has 0 radical (unpaired) electrons. The summed E-state index contributed by atoms with van der Waals surface area (Å²) in [5.41, 5.74) is 1.71. The Labute approximate surface area is 159 Å². The molecule has 2 aromatic carbocycles. The number of carbonyl (C=O) groups is 2. The molecule has 0 atom stereocenters. The zero-order chi connectivity index (χ0) is 19.1. The summed E-state index contributed by atoms with van der Waals surface area (Å²) in [4.78, 5) is 28.1. The fourth-order valence-corrected chi connectivity index (χ4v) is 3.03. The van der Waals surface area contributed by atoms with Crippen molar-refractivity contribution in [3.8, 4) is 5.75 Å². The number of rotatable bonds is 6. The molecule has 0 spiro atoms. The molecule has 1 N–H and O–H groups in total. The smallest absolute Gasteiger partial charge is 0.254 e. The van der Waals surface area contributed by atoms with E-state index in [1.165, 1.54) is 0 Å². The van der Waals surface area contributed by atoms with Crippen molar-refractivity contribution in [3.63, 3.8) is 0 Å². The predicted octanol–water partition coefficient (Wildman–Crippen LogP) is 1.77. The van der Waals surface area contributed by atoms with Gasteiger partial charge in [0.05, 0.1) is 6.54 Å². The van der Waals surface area contributed by atoms with Gasteiger partial charge >= 0.3 is 0 Å². The molecule has 0 unspecified atom stereocenters. The molecule has 142 valence electrons. The Bertz CT molecular complexity index is 771. The van der Waals surface area contributed by atoms with Crippen molar-refractivity contribution in [1.29, 1.82) is 0 Å². The molecule has 0 bridgehead atoms. The zero-order valence-corrected chi connectivity index (χ0v) is 15.6. The van der Waals surface area contributed by atoms with Gasteiger partial charge in [-0.15, -0.1) is 0 Å². The average Bonchev–Trinajstić information content (AvgIpc) is 2.73. The summed E-state index contributed by atoms with van der Waals surface area (Å²) in [5, 5.41) is 2.63. The van der Waals surface area contributed by atoms with Crippen LogP contribution in [0.25, 0.3) is 0 Å². The van der Waals surface area contributed by atoms with Crippen LogP contribution < -0.4 is 10.1 Å². The second-order valence-electron chi connectivity index (χ2n) is 6.54. The summed E-state index contributed by atoms with van der Waals surface area (Å²) in [6.45, 7) is 3.47. The largest absolute Gasteiger partial charge is 0.489 e. The summed E-state index contributed by atoms with van der Waals surface area (Å²) in [6.07, 6.45) is 0. The first-order chi connectivity index (χ1) is 13.2. The lowest BCUT2D eigenvalue weighted by Crippen LogP contribution is -2.50. The third kappa shape index (κ3) is 5.31. The van der Waals surface area contributed by atoms with Gasteiger partial charge in [0, 0.05) is 38.8 Å². The Hall–Kier alpha value is -2.86. The normalized spacial score (nSPS) is 14.6. The number of nitrogens with zero attached hydrogens (tertiary/aromatic N) is 2. The highest BCUT2D eigenvalue weighted by Gasteiger charge is 2.23. The van der Waals surface area contributed by atoms with Gasteiger partial charge in [0.25, 0.3) is 5.91 Å². The number of hydrogen-bond donors (Lipinski definition) is 1. The Morgan fingerprint density at radius 3 is 2.44 bits per heavy atom. The molecule has 0 saturated carbocycles. The second kappa shape index (κ2) is 9.19. The summed E-state index contributed by atoms with van der Waals surface area (Å²) in [6, 6.07) is 17.2.